The van der Waals surface area contributed by atoms with Crippen molar-refractivity contribution in [3.63, 3.8) is 0 Å². The summed E-state index contributed by atoms with van der Waals surface area (Å²) in [6.07, 6.45) is 0.297. The number of hydrogen-bond donors (Lipinski definition) is 2. The van der Waals surface area contributed by atoms with Crippen LogP contribution >= 0.6 is 0 Å². The van der Waals surface area contributed by atoms with Gasteiger partial charge in [0.1, 0.15) is 17.5 Å². The number of rotatable bonds is 5. The van der Waals surface area contributed by atoms with Gasteiger partial charge in [0, 0.05) is 12.1 Å². The summed E-state index contributed by atoms with van der Waals surface area (Å²) in [7, 11) is -2.35. The van der Waals surface area contributed by atoms with Gasteiger partial charge < -0.3 is 24.5 Å². The van der Waals surface area contributed by atoms with E-state index in [0.29, 0.717) is 46.4 Å². The number of benzene rings is 2. The molecule has 2 N–H and O–H groups in total. The number of methoxy groups -OCH3 is 1. The van der Waals surface area contributed by atoms with E-state index >= 15 is 0 Å². The van der Waals surface area contributed by atoms with Crippen molar-refractivity contribution in [2.45, 2.75) is 45.5 Å². The highest BCUT2D eigenvalue weighted by Crippen LogP contribution is 2.33. The summed E-state index contributed by atoms with van der Waals surface area (Å²) in [6, 6.07) is 13.2. The molecule has 41 heavy (non-hydrogen) atoms. The largest absolute Gasteiger partial charge is 0.493 e. The first-order valence-electron chi connectivity index (χ1n) is 13.4. The molecule has 4 bridgehead atoms. The van der Waals surface area contributed by atoms with Crippen molar-refractivity contribution in [3.05, 3.63) is 65.5 Å². The number of carbonyl (C=O) groups is 2. The molecule has 0 radical (unpaired) electrons. The van der Waals surface area contributed by atoms with Crippen molar-refractivity contribution in [2.24, 2.45) is 5.92 Å². The van der Waals surface area contributed by atoms with Crippen LogP contribution in [-0.4, -0.2) is 62.4 Å². The van der Waals surface area contributed by atoms with Crippen LogP contribution in [0, 0.1) is 12.8 Å². The first kappa shape index (κ1) is 30.1. The van der Waals surface area contributed by atoms with Crippen LogP contribution in [0.1, 0.15) is 37.3 Å². The molecule has 220 valence electrons. The lowest BCUT2D eigenvalue weighted by Crippen LogP contribution is -2.52. The number of nitrogens with one attached hydrogen (secondary N) is 2. The lowest BCUT2D eigenvalue weighted by molar-refractivity contribution is -0.130. The second-order valence-corrected chi connectivity index (χ2v) is 12.1. The summed E-state index contributed by atoms with van der Waals surface area (Å²) < 4.78 is 45.3. The predicted octanol–water partition coefficient (Wildman–Crippen LogP) is 3.03. The Hall–Kier alpha value is -3.90. The van der Waals surface area contributed by atoms with Gasteiger partial charge in [0.15, 0.2) is 11.5 Å². The van der Waals surface area contributed by atoms with Crippen LogP contribution in [0.2, 0.25) is 0 Å². The van der Waals surface area contributed by atoms with Crippen molar-refractivity contribution in [2.75, 3.05) is 26.8 Å². The Kier molecular flexibility index (Phi) is 9.66. The van der Waals surface area contributed by atoms with Gasteiger partial charge in [-0.3, -0.25) is 9.59 Å². The molecule has 3 aromatic rings. The highest BCUT2D eigenvalue weighted by Gasteiger charge is 2.29. The van der Waals surface area contributed by atoms with Crippen molar-refractivity contribution >= 4 is 21.8 Å². The molecule has 11 nitrogen and oxygen atoms in total. The van der Waals surface area contributed by atoms with E-state index < -0.39 is 34.4 Å². The quantitative estimate of drug-likeness (QED) is 0.467. The van der Waals surface area contributed by atoms with Gasteiger partial charge in [-0.05, 0) is 43.0 Å². The fourth-order valence-corrected chi connectivity index (χ4v) is 5.97. The van der Waals surface area contributed by atoms with Gasteiger partial charge in [0.05, 0.1) is 32.6 Å². The summed E-state index contributed by atoms with van der Waals surface area (Å²) >= 11 is 0. The van der Waals surface area contributed by atoms with E-state index in [9.17, 15) is 18.0 Å². The van der Waals surface area contributed by atoms with Crippen LogP contribution in [0.15, 0.2) is 52.9 Å². The SMILES string of the molecule is COc1ccc2cc1OCCCN(S(=O)(=O)Cc1ccccc1)CC(=O)N[C@@H](C(C)C)C(=O)NCc1nc-2oc1C. The zero-order valence-electron chi connectivity index (χ0n) is 23.7. The maximum Gasteiger partial charge on any atom is 0.243 e. The normalized spacial score (nSPS) is 17.6. The number of hydrogen-bond acceptors (Lipinski definition) is 8. The van der Waals surface area contributed by atoms with Crippen molar-refractivity contribution in [1.29, 1.82) is 0 Å². The predicted molar refractivity (Wildman–Crippen MR) is 153 cm³/mol. The summed E-state index contributed by atoms with van der Waals surface area (Å²) in [4.78, 5) is 30.8. The minimum atomic E-state index is -3.88. The number of ether oxygens (including phenoxy) is 2. The van der Waals surface area contributed by atoms with Crippen molar-refractivity contribution < 1.29 is 31.9 Å². The van der Waals surface area contributed by atoms with Crippen LogP contribution in [0.5, 0.6) is 11.5 Å². The smallest absolute Gasteiger partial charge is 0.243 e. The minimum absolute atomic E-state index is 0.0332. The van der Waals surface area contributed by atoms with E-state index in [1.807, 2.05) is 0 Å². The van der Waals surface area contributed by atoms with E-state index in [0.717, 1.165) is 4.31 Å². The van der Waals surface area contributed by atoms with Crippen LogP contribution in [0.25, 0.3) is 11.5 Å². The molecule has 1 atom stereocenters. The van der Waals surface area contributed by atoms with Crippen LogP contribution < -0.4 is 20.1 Å². The standard InChI is InChI=1S/C29H36N4O7S/c1-19(2)27-28(35)30-16-23-20(3)40-29(31-23)22-11-12-24(38-4)25(15-22)39-14-8-13-33(17-26(34)32-27)41(36,37)18-21-9-6-5-7-10-21/h5-7,9-12,15,19,27H,8,13-14,16-18H2,1-4H3,(H,30,35)(H,32,34)/t27-/m0/s1. The van der Waals surface area contributed by atoms with Gasteiger partial charge in [0.2, 0.25) is 27.7 Å². The van der Waals surface area contributed by atoms with Gasteiger partial charge in [-0.1, -0.05) is 44.2 Å². The topological polar surface area (TPSA) is 140 Å². The summed E-state index contributed by atoms with van der Waals surface area (Å²) in [6.45, 7) is 5.21. The molecule has 12 heteroatoms. The molecule has 2 heterocycles. The summed E-state index contributed by atoms with van der Waals surface area (Å²) in [5.41, 5.74) is 1.80. The zero-order chi connectivity index (χ0) is 29.6. The third-order valence-corrected chi connectivity index (χ3v) is 8.51. The highest BCUT2D eigenvalue weighted by molar-refractivity contribution is 7.88. The Labute approximate surface area is 240 Å². The van der Waals surface area contributed by atoms with Gasteiger partial charge in [-0.25, -0.2) is 13.4 Å². The average Bonchev–Trinajstić information content (AvgIpc) is 3.31. The Bertz CT molecular complexity index is 1470. The summed E-state index contributed by atoms with van der Waals surface area (Å²) in [5.74, 6) is 0.332. The van der Waals surface area contributed by atoms with Crippen LogP contribution in [0.3, 0.4) is 0 Å². The maximum atomic E-state index is 13.4. The Morgan fingerprint density at radius 3 is 2.61 bits per heavy atom. The molecule has 0 spiro atoms. The molecule has 0 saturated heterocycles. The number of carbonyl (C=O) groups excluding carboxylic acids is 2. The Morgan fingerprint density at radius 2 is 1.90 bits per heavy atom. The van der Waals surface area contributed by atoms with E-state index in [4.69, 9.17) is 13.9 Å². The molecular weight excluding hydrogens is 548 g/mol. The molecule has 1 aliphatic rings. The van der Waals surface area contributed by atoms with E-state index in [-0.39, 0.29) is 31.4 Å². The lowest BCUT2D eigenvalue weighted by Gasteiger charge is -2.25. The van der Waals surface area contributed by atoms with E-state index in [1.165, 1.54) is 7.11 Å². The maximum absolute atomic E-state index is 13.4. The molecule has 2 amide bonds. The molecule has 1 aliphatic heterocycles. The third kappa shape index (κ3) is 7.65. The first-order chi connectivity index (χ1) is 19.6. The molecular formula is C29H36N4O7S. The van der Waals surface area contributed by atoms with Gasteiger partial charge in [0.25, 0.3) is 0 Å². The van der Waals surface area contributed by atoms with Crippen molar-refractivity contribution in [3.8, 4) is 23.0 Å². The Balaban J connectivity index is 1.65. The molecule has 0 saturated carbocycles. The number of nitrogens with zero attached hydrogens (tertiary/aromatic N) is 2. The number of aryl methyl sites for hydroxylation is 1. The average molecular weight is 585 g/mol. The number of amides is 2. The fourth-order valence-electron chi connectivity index (χ4n) is 4.45. The molecule has 1 aromatic heterocycles. The molecule has 4 rings (SSSR count). The minimum Gasteiger partial charge on any atom is -0.493 e. The molecule has 2 aromatic carbocycles. The zero-order valence-corrected chi connectivity index (χ0v) is 24.5. The van der Waals surface area contributed by atoms with Crippen LogP contribution in [0.4, 0.5) is 0 Å². The van der Waals surface area contributed by atoms with Gasteiger partial charge in [-0.15, -0.1) is 0 Å². The van der Waals surface area contributed by atoms with Gasteiger partial charge in [-0.2, -0.15) is 4.31 Å². The number of oxazole rings is 1. The van der Waals surface area contributed by atoms with Gasteiger partial charge >= 0.3 is 0 Å². The highest BCUT2D eigenvalue weighted by atomic mass is 32.2. The second kappa shape index (κ2) is 13.2. The first-order valence-corrected chi connectivity index (χ1v) is 15.0. The lowest BCUT2D eigenvalue weighted by atomic mass is 10.0. The number of fused-ring (bicyclic) bond motifs is 5. The van der Waals surface area contributed by atoms with E-state index in [2.05, 4.69) is 15.6 Å². The number of aromatic nitrogens is 1. The fraction of sp³-hybridized carbons (Fsp3) is 0.414. The van der Waals surface area contributed by atoms with E-state index in [1.54, 1.807) is 69.3 Å². The Morgan fingerprint density at radius 1 is 1.15 bits per heavy atom. The third-order valence-electron chi connectivity index (χ3n) is 6.71. The molecule has 0 unspecified atom stereocenters. The molecule has 0 aliphatic carbocycles. The van der Waals surface area contributed by atoms with Crippen molar-refractivity contribution in [1.82, 2.24) is 19.9 Å². The number of sulfonamides is 1. The monoisotopic (exact) mass is 584 g/mol. The summed E-state index contributed by atoms with van der Waals surface area (Å²) in [5, 5.41) is 5.54. The molecule has 0 fully saturated rings. The second-order valence-electron chi connectivity index (χ2n) is 10.2. The van der Waals surface area contributed by atoms with Crippen LogP contribution in [-0.2, 0) is 31.9 Å².